The number of aromatic nitrogens is 4. The summed E-state index contributed by atoms with van der Waals surface area (Å²) in [6.45, 7) is 0. The molecule has 0 radical (unpaired) electrons. The van der Waals surface area contributed by atoms with Gasteiger partial charge in [0.1, 0.15) is 12.1 Å². The Morgan fingerprint density at radius 3 is 1.40 bits per heavy atom. The summed E-state index contributed by atoms with van der Waals surface area (Å²) in [7, 11) is 0. The second-order valence-corrected chi connectivity index (χ2v) is 12.0. The van der Waals surface area contributed by atoms with Gasteiger partial charge in [-0.25, -0.2) is 9.97 Å². The molecule has 0 aliphatic rings. The average Bonchev–Trinajstić information content (AvgIpc) is 3.71. The third-order valence-electron chi connectivity index (χ3n) is 9.23. The van der Waals surface area contributed by atoms with Gasteiger partial charge in [-0.1, -0.05) is 109 Å². The molecule has 0 amide bonds. The molecule has 0 spiro atoms. The van der Waals surface area contributed by atoms with Gasteiger partial charge in [0, 0.05) is 32.7 Å². The molecule has 7 heteroatoms. The first-order valence-corrected chi connectivity index (χ1v) is 16.0. The van der Waals surface area contributed by atoms with Crippen LogP contribution in [0.1, 0.15) is 16.7 Å². The highest BCUT2D eigenvalue weighted by molar-refractivity contribution is 6.23. The number of hydrogen-bond acceptors (Lipinski definition) is 5. The molecule has 7 nitrogen and oxygen atoms in total. The Kier molecular flexibility index (Phi) is 6.49. The maximum absolute atomic E-state index is 10.4. The Morgan fingerprint density at radius 2 is 0.900 bits per heavy atom. The Balaban J connectivity index is 1.50. The zero-order chi connectivity index (χ0) is 33.8. The lowest BCUT2D eigenvalue weighted by Crippen LogP contribution is -2.06. The van der Waals surface area contributed by atoms with E-state index in [4.69, 9.17) is 9.97 Å². The van der Waals surface area contributed by atoms with Gasteiger partial charge >= 0.3 is 0 Å². The zero-order valence-electron chi connectivity index (χ0n) is 26.4. The van der Waals surface area contributed by atoms with E-state index in [1.54, 1.807) is 12.1 Å². The summed E-state index contributed by atoms with van der Waals surface area (Å²) in [5, 5.41) is 34.5. The van der Waals surface area contributed by atoms with Crippen LogP contribution in [0.2, 0.25) is 0 Å². The molecule has 0 saturated carbocycles. The normalized spacial score (nSPS) is 11.1. The van der Waals surface area contributed by atoms with Crippen LogP contribution in [0.3, 0.4) is 0 Å². The van der Waals surface area contributed by atoms with E-state index in [0.29, 0.717) is 11.6 Å². The highest BCUT2D eigenvalue weighted by atomic mass is 15.2. The third-order valence-corrected chi connectivity index (χ3v) is 9.23. The standard InChI is InChI=1S/C43H23N7/c44-24-27-21-30(25-45)40(31(22-27)26-46)49-38-17-9-7-15-32(38)34-19-20-35-33-16-8-10-18-39(33)50(42(35)41(34)49)43-47-36(28-11-3-1-4-12-28)23-37(48-43)29-13-5-2-6-14-29/h1-23H. The second kappa shape index (κ2) is 11.3. The minimum atomic E-state index is 0.233. The first kappa shape index (κ1) is 28.7. The Labute approximate surface area is 286 Å². The molecular formula is C43H23N7. The number of para-hydroxylation sites is 2. The molecule has 9 rings (SSSR count). The number of hydrogen-bond donors (Lipinski definition) is 0. The van der Waals surface area contributed by atoms with Gasteiger partial charge in [-0.05, 0) is 30.3 Å². The molecule has 6 aromatic carbocycles. The summed E-state index contributed by atoms with van der Waals surface area (Å²) in [5.74, 6) is 0.488. The third kappa shape index (κ3) is 4.27. The fourth-order valence-electron chi connectivity index (χ4n) is 7.10. The van der Waals surface area contributed by atoms with Crippen LogP contribution >= 0.6 is 0 Å². The van der Waals surface area contributed by atoms with E-state index in [1.165, 1.54) is 0 Å². The summed E-state index contributed by atoms with van der Waals surface area (Å²) >= 11 is 0. The van der Waals surface area contributed by atoms with Gasteiger partial charge in [-0.2, -0.15) is 15.8 Å². The van der Waals surface area contributed by atoms with Crippen LogP contribution < -0.4 is 0 Å². The van der Waals surface area contributed by atoms with E-state index < -0.39 is 0 Å². The molecule has 0 N–H and O–H groups in total. The number of nitriles is 3. The molecule has 3 heterocycles. The predicted octanol–water partition coefficient (Wildman–Crippen LogP) is 9.62. The summed E-state index contributed by atoms with van der Waals surface area (Å²) in [6, 6.07) is 52.3. The van der Waals surface area contributed by atoms with Crippen LogP contribution in [0, 0.1) is 34.0 Å². The van der Waals surface area contributed by atoms with Gasteiger partial charge in [0.2, 0.25) is 5.95 Å². The van der Waals surface area contributed by atoms with Crippen molar-refractivity contribution in [3.8, 4) is 52.4 Å². The van der Waals surface area contributed by atoms with Crippen LogP contribution in [0.15, 0.2) is 140 Å². The van der Waals surface area contributed by atoms with Crippen molar-refractivity contribution < 1.29 is 0 Å². The average molecular weight is 638 g/mol. The van der Waals surface area contributed by atoms with Crippen molar-refractivity contribution in [3.63, 3.8) is 0 Å². The van der Waals surface area contributed by atoms with Crippen molar-refractivity contribution in [2.75, 3.05) is 0 Å². The highest BCUT2D eigenvalue weighted by Gasteiger charge is 2.25. The number of fused-ring (bicyclic) bond motifs is 7. The van der Waals surface area contributed by atoms with Gasteiger partial charge in [-0.3, -0.25) is 4.57 Å². The van der Waals surface area contributed by atoms with Crippen molar-refractivity contribution in [1.82, 2.24) is 19.1 Å². The summed E-state index contributed by atoms with van der Waals surface area (Å²) in [6.07, 6.45) is 0. The van der Waals surface area contributed by atoms with Gasteiger partial charge in [0.05, 0.1) is 61.9 Å². The molecule has 9 aromatic rings. The Bertz CT molecular complexity index is 2860. The predicted molar refractivity (Wildman–Crippen MR) is 196 cm³/mol. The smallest absolute Gasteiger partial charge is 0.235 e. The highest BCUT2D eigenvalue weighted by Crippen LogP contribution is 2.42. The lowest BCUT2D eigenvalue weighted by Gasteiger charge is -2.15. The van der Waals surface area contributed by atoms with Crippen LogP contribution in [0.5, 0.6) is 0 Å². The maximum Gasteiger partial charge on any atom is 0.235 e. The van der Waals surface area contributed by atoms with Gasteiger partial charge < -0.3 is 4.57 Å². The minimum Gasteiger partial charge on any atom is -0.305 e. The van der Waals surface area contributed by atoms with Crippen molar-refractivity contribution in [2.24, 2.45) is 0 Å². The fourth-order valence-corrected chi connectivity index (χ4v) is 7.10. The molecule has 0 aliphatic carbocycles. The van der Waals surface area contributed by atoms with E-state index in [2.05, 4.69) is 53.1 Å². The Morgan fingerprint density at radius 1 is 0.440 bits per heavy atom. The lowest BCUT2D eigenvalue weighted by atomic mass is 10.0. The molecule has 230 valence electrons. The molecule has 0 saturated heterocycles. The quantitative estimate of drug-likeness (QED) is 0.191. The van der Waals surface area contributed by atoms with E-state index in [-0.39, 0.29) is 16.7 Å². The summed E-state index contributed by atoms with van der Waals surface area (Å²) in [4.78, 5) is 10.5. The SMILES string of the molecule is N#Cc1cc(C#N)c(-n2c3ccccc3c3ccc4c5ccccc5n(-c5nc(-c6ccccc6)cc(-c6ccccc6)n5)c4c32)c(C#N)c1. The first-order chi connectivity index (χ1) is 24.7. The number of benzene rings is 6. The number of rotatable bonds is 4. The van der Waals surface area contributed by atoms with Crippen LogP contribution in [0.25, 0.3) is 77.8 Å². The van der Waals surface area contributed by atoms with Crippen molar-refractivity contribution in [1.29, 1.82) is 15.8 Å². The van der Waals surface area contributed by atoms with E-state index in [9.17, 15) is 15.8 Å². The molecule has 0 unspecified atom stereocenters. The molecule has 0 fully saturated rings. The van der Waals surface area contributed by atoms with Crippen LogP contribution in [-0.2, 0) is 0 Å². The lowest BCUT2D eigenvalue weighted by molar-refractivity contribution is 0.995. The van der Waals surface area contributed by atoms with Gasteiger partial charge in [0.15, 0.2) is 0 Å². The van der Waals surface area contributed by atoms with Crippen molar-refractivity contribution in [3.05, 3.63) is 156 Å². The first-order valence-electron chi connectivity index (χ1n) is 16.0. The Hall–Kier alpha value is -7.53. The van der Waals surface area contributed by atoms with E-state index >= 15 is 0 Å². The van der Waals surface area contributed by atoms with E-state index in [0.717, 1.165) is 66.1 Å². The van der Waals surface area contributed by atoms with Gasteiger partial charge in [0.25, 0.3) is 0 Å². The number of nitrogens with zero attached hydrogens (tertiary/aromatic N) is 7. The second-order valence-electron chi connectivity index (χ2n) is 12.0. The molecule has 0 atom stereocenters. The minimum absolute atomic E-state index is 0.233. The topological polar surface area (TPSA) is 107 Å². The fraction of sp³-hybridized carbons (Fsp3) is 0. The van der Waals surface area contributed by atoms with Crippen LogP contribution in [0.4, 0.5) is 0 Å². The van der Waals surface area contributed by atoms with E-state index in [1.807, 2.05) is 102 Å². The molecule has 0 bridgehead atoms. The molecular weight excluding hydrogens is 615 g/mol. The van der Waals surface area contributed by atoms with Gasteiger partial charge in [-0.15, -0.1) is 0 Å². The summed E-state index contributed by atoms with van der Waals surface area (Å²) < 4.78 is 4.10. The van der Waals surface area contributed by atoms with Crippen molar-refractivity contribution >= 4 is 43.6 Å². The van der Waals surface area contributed by atoms with Crippen LogP contribution in [-0.4, -0.2) is 19.1 Å². The largest absolute Gasteiger partial charge is 0.305 e. The molecule has 3 aromatic heterocycles. The zero-order valence-corrected chi connectivity index (χ0v) is 26.4. The maximum atomic E-state index is 10.4. The monoisotopic (exact) mass is 637 g/mol. The van der Waals surface area contributed by atoms with Crippen molar-refractivity contribution in [2.45, 2.75) is 0 Å². The summed E-state index contributed by atoms with van der Waals surface area (Å²) in [5.41, 5.74) is 7.99. The molecule has 50 heavy (non-hydrogen) atoms. The molecule has 0 aliphatic heterocycles.